The van der Waals surface area contributed by atoms with Crippen LogP contribution >= 0.6 is 0 Å². The zero-order valence-electron chi connectivity index (χ0n) is 18.4. The van der Waals surface area contributed by atoms with E-state index in [1.165, 1.54) is 0 Å². The average Bonchev–Trinajstić information content (AvgIpc) is 3.18. The van der Waals surface area contributed by atoms with Gasteiger partial charge < -0.3 is 4.90 Å². The third-order valence-corrected chi connectivity index (χ3v) is 6.20. The molecule has 0 saturated carbocycles. The van der Waals surface area contributed by atoms with E-state index in [1.807, 2.05) is 38.4 Å². The number of rotatable bonds is 3. The SMILES string of the molecule is CCN1CCN(c2ccc3nc(-c4cc5c(C)nc(C)cn5n4)cc(=O)n3c2)C[C@H]1C. The van der Waals surface area contributed by atoms with E-state index in [1.54, 1.807) is 15.0 Å². The van der Waals surface area contributed by atoms with Crippen LogP contribution in [0.1, 0.15) is 25.2 Å². The maximum absolute atomic E-state index is 13.0. The van der Waals surface area contributed by atoms with Gasteiger partial charge in [0.05, 0.1) is 34.5 Å². The van der Waals surface area contributed by atoms with E-state index in [0.717, 1.165) is 48.8 Å². The first kappa shape index (κ1) is 19.7. The minimum Gasteiger partial charge on any atom is -0.367 e. The summed E-state index contributed by atoms with van der Waals surface area (Å²) < 4.78 is 3.43. The first-order valence-electron chi connectivity index (χ1n) is 10.8. The van der Waals surface area contributed by atoms with Crippen molar-refractivity contribution in [1.29, 1.82) is 0 Å². The Labute approximate surface area is 180 Å². The molecule has 160 valence electrons. The Balaban J connectivity index is 1.52. The van der Waals surface area contributed by atoms with Gasteiger partial charge in [0.25, 0.3) is 5.56 Å². The minimum atomic E-state index is -0.106. The number of pyridine rings is 1. The minimum absolute atomic E-state index is 0.106. The summed E-state index contributed by atoms with van der Waals surface area (Å²) in [6.07, 6.45) is 3.79. The van der Waals surface area contributed by atoms with Crippen LogP contribution in [0.3, 0.4) is 0 Å². The number of piperazine rings is 1. The summed E-state index contributed by atoms with van der Waals surface area (Å²) in [6, 6.07) is 7.96. The molecule has 0 amide bonds. The van der Waals surface area contributed by atoms with Crippen molar-refractivity contribution in [1.82, 2.24) is 28.9 Å². The summed E-state index contributed by atoms with van der Waals surface area (Å²) in [5, 5.41) is 4.62. The van der Waals surface area contributed by atoms with E-state index < -0.39 is 0 Å². The Morgan fingerprint density at radius 1 is 1.06 bits per heavy atom. The van der Waals surface area contributed by atoms with Crippen LogP contribution in [0.25, 0.3) is 22.6 Å². The number of aromatic nitrogens is 5. The first-order valence-corrected chi connectivity index (χ1v) is 10.8. The Bertz CT molecular complexity index is 1340. The van der Waals surface area contributed by atoms with Gasteiger partial charge in [0.2, 0.25) is 0 Å². The highest BCUT2D eigenvalue weighted by Gasteiger charge is 2.23. The summed E-state index contributed by atoms with van der Waals surface area (Å²) in [6.45, 7) is 12.4. The van der Waals surface area contributed by atoms with Gasteiger partial charge >= 0.3 is 0 Å². The van der Waals surface area contributed by atoms with Gasteiger partial charge in [0.15, 0.2) is 0 Å². The number of likely N-dealkylation sites (N-methyl/N-ethyl adjacent to an activating group) is 1. The lowest BCUT2D eigenvalue weighted by molar-refractivity contribution is 0.199. The Morgan fingerprint density at radius 3 is 2.68 bits per heavy atom. The van der Waals surface area contributed by atoms with Crippen LogP contribution < -0.4 is 10.5 Å². The molecule has 1 saturated heterocycles. The Morgan fingerprint density at radius 2 is 1.90 bits per heavy atom. The fourth-order valence-electron chi connectivity index (χ4n) is 4.53. The third-order valence-electron chi connectivity index (χ3n) is 6.20. The molecule has 1 aliphatic heterocycles. The van der Waals surface area contributed by atoms with Crippen molar-refractivity contribution in [2.24, 2.45) is 0 Å². The van der Waals surface area contributed by atoms with E-state index in [-0.39, 0.29) is 5.56 Å². The smallest absolute Gasteiger partial charge is 0.258 e. The van der Waals surface area contributed by atoms with Gasteiger partial charge in [-0.1, -0.05) is 6.92 Å². The van der Waals surface area contributed by atoms with Crippen LogP contribution in [-0.2, 0) is 0 Å². The molecule has 0 N–H and O–H groups in total. The number of aryl methyl sites for hydroxylation is 2. The standard InChI is InChI=1S/C23H27N7O/c1-5-27-8-9-28(13-16(27)3)18-6-7-22-25-19(11-23(31)29(22)14-18)20-10-21-17(4)24-15(2)12-30(21)26-20/h6-7,10-12,14,16H,5,8-9,13H2,1-4H3/t16-/m1/s1. The van der Waals surface area contributed by atoms with Gasteiger partial charge in [-0.2, -0.15) is 5.10 Å². The van der Waals surface area contributed by atoms with Gasteiger partial charge in [0.1, 0.15) is 11.3 Å². The molecule has 0 unspecified atom stereocenters. The van der Waals surface area contributed by atoms with E-state index in [4.69, 9.17) is 4.98 Å². The molecule has 0 spiro atoms. The normalized spacial score (nSPS) is 17.7. The average molecular weight is 418 g/mol. The van der Waals surface area contributed by atoms with Crippen molar-refractivity contribution in [2.45, 2.75) is 33.7 Å². The highest BCUT2D eigenvalue weighted by Crippen LogP contribution is 2.22. The van der Waals surface area contributed by atoms with E-state index >= 15 is 0 Å². The number of hydrogen-bond donors (Lipinski definition) is 0. The molecule has 4 aromatic rings. The molecular weight excluding hydrogens is 390 g/mol. The lowest BCUT2D eigenvalue weighted by atomic mass is 10.2. The van der Waals surface area contributed by atoms with Crippen molar-refractivity contribution < 1.29 is 0 Å². The van der Waals surface area contributed by atoms with Crippen LogP contribution in [-0.4, -0.2) is 61.1 Å². The fraction of sp³-hybridized carbons (Fsp3) is 0.391. The van der Waals surface area contributed by atoms with Crippen molar-refractivity contribution in [3.05, 3.63) is 58.4 Å². The summed E-state index contributed by atoms with van der Waals surface area (Å²) in [5.74, 6) is 0. The molecule has 0 radical (unpaired) electrons. The van der Waals surface area contributed by atoms with Gasteiger partial charge in [0, 0.05) is 37.9 Å². The third kappa shape index (κ3) is 3.46. The molecule has 5 heterocycles. The zero-order valence-corrected chi connectivity index (χ0v) is 18.4. The van der Waals surface area contributed by atoms with Gasteiger partial charge in [-0.3, -0.25) is 19.1 Å². The van der Waals surface area contributed by atoms with Gasteiger partial charge in [-0.05, 0) is 45.5 Å². The number of hydrogen-bond acceptors (Lipinski definition) is 6. The van der Waals surface area contributed by atoms with Crippen LogP contribution in [0, 0.1) is 13.8 Å². The van der Waals surface area contributed by atoms with E-state index in [2.05, 4.69) is 39.8 Å². The molecule has 4 aromatic heterocycles. The number of nitrogens with zero attached hydrogens (tertiary/aromatic N) is 7. The van der Waals surface area contributed by atoms with Crippen LogP contribution in [0.15, 0.2) is 41.5 Å². The molecule has 8 heteroatoms. The molecule has 1 aliphatic rings. The first-order chi connectivity index (χ1) is 14.9. The molecule has 1 atom stereocenters. The van der Waals surface area contributed by atoms with Crippen molar-refractivity contribution in [3.63, 3.8) is 0 Å². The lowest BCUT2D eigenvalue weighted by Crippen LogP contribution is -2.51. The lowest BCUT2D eigenvalue weighted by Gasteiger charge is -2.40. The predicted octanol–water partition coefficient (Wildman–Crippen LogP) is 2.55. The number of fused-ring (bicyclic) bond motifs is 2. The van der Waals surface area contributed by atoms with E-state index in [9.17, 15) is 4.79 Å². The van der Waals surface area contributed by atoms with E-state index in [0.29, 0.717) is 23.1 Å². The van der Waals surface area contributed by atoms with Crippen molar-refractivity contribution in [3.8, 4) is 11.4 Å². The molecule has 0 bridgehead atoms. The largest absolute Gasteiger partial charge is 0.367 e. The Hall–Kier alpha value is -3.26. The number of anilines is 1. The quantitative estimate of drug-likeness (QED) is 0.510. The topological polar surface area (TPSA) is 71.0 Å². The molecule has 0 aromatic carbocycles. The van der Waals surface area contributed by atoms with Gasteiger partial charge in [-0.25, -0.2) is 9.50 Å². The maximum atomic E-state index is 13.0. The predicted molar refractivity (Wildman–Crippen MR) is 122 cm³/mol. The molecule has 0 aliphatic carbocycles. The van der Waals surface area contributed by atoms with Gasteiger partial charge in [-0.15, -0.1) is 0 Å². The molecule has 1 fully saturated rings. The second kappa shape index (κ2) is 7.46. The second-order valence-corrected chi connectivity index (χ2v) is 8.35. The monoisotopic (exact) mass is 417 g/mol. The van der Waals surface area contributed by atoms with Crippen LogP contribution in [0.5, 0.6) is 0 Å². The summed E-state index contributed by atoms with van der Waals surface area (Å²) in [5.41, 5.74) is 5.52. The summed E-state index contributed by atoms with van der Waals surface area (Å²) in [4.78, 5) is 27.0. The van der Waals surface area contributed by atoms with Crippen LogP contribution in [0.2, 0.25) is 0 Å². The summed E-state index contributed by atoms with van der Waals surface area (Å²) in [7, 11) is 0. The molecular formula is C23H27N7O. The Kier molecular flexibility index (Phi) is 4.74. The highest BCUT2D eigenvalue weighted by atomic mass is 16.1. The maximum Gasteiger partial charge on any atom is 0.258 e. The molecule has 8 nitrogen and oxygen atoms in total. The van der Waals surface area contributed by atoms with Crippen molar-refractivity contribution in [2.75, 3.05) is 31.1 Å². The van der Waals surface area contributed by atoms with Crippen LogP contribution in [0.4, 0.5) is 5.69 Å². The molecule has 31 heavy (non-hydrogen) atoms. The zero-order chi connectivity index (χ0) is 21.7. The molecule has 5 rings (SSSR count). The highest BCUT2D eigenvalue weighted by molar-refractivity contribution is 5.66. The second-order valence-electron chi connectivity index (χ2n) is 8.35. The summed E-state index contributed by atoms with van der Waals surface area (Å²) >= 11 is 0. The van der Waals surface area contributed by atoms with Crippen molar-refractivity contribution >= 4 is 16.9 Å². The fourth-order valence-corrected chi connectivity index (χ4v) is 4.53.